The number of aryl methyl sites for hydroxylation is 1. The Morgan fingerprint density at radius 3 is 2.29 bits per heavy atom. The molecule has 0 saturated carbocycles. The number of aromatic nitrogens is 2. The molecular weight excluding hydrogens is 314 g/mol. The van der Waals surface area contributed by atoms with Crippen molar-refractivity contribution in [2.45, 2.75) is 12.8 Å². The molecule has 0 fully saturated rings. The molecule has 8 nitrogen and oxygen atoms in total. The number of nitrogens with zero attached hydrogens (tertiary/aromatic N) is 2. The molecule has 0 unspecified atom stereocenters. The Morgan fingerprint density at radius 1 is 1.12 bits per heavy atom. The minimum atomic E-state index is -1.35. The van der Waals surface area contributed by atoms with Crippen molar-refractivity contribution in [1.82, 2.24) is 14.9 Å². The van der Waals surface area contributed by atoms with Crippen LogP contribution in [0.5, 0.6) is 0 Å². The van der Waals surface area contributed by atoms with Crippen LogP contribution in [0.15, 0.2) is 35.3 Å². The number of amides is 2. The third-order valence-corrected chi connectivity index (χ3v) is 3.76. The summed E-state index contributed by atoms with van der Waals surface area (Å²) in [5, 5.41) is 8.78. The molecule has 3 rings (SSSR count). The number of carbonyl (C=O) groups is 3. The van der Waals surface area contributed by atoms with Crippen LogP contribution in [-0.2, 0) is 6.42 Å². The Hall–Kier alpha value is -3.29. The molecule has 1 aliphatic rings. The molecule has 0 bridgehead atoms. The number of hydrogen-bond acceptors (Lipinski definition) is 5. The Labute approximate surface area is 135 Å². The highest BCUT2D eigenvalue weighted by Crippen LogP contribution is 2.22. The molecule has 1 aromatic carbocycles. The van der Waals surface area contributed by atoms with Gasteiger partial charge in [-0.25, -0.2) is 9.78 Å². The number of aromatic amines is 1. The van der Waals surface area contributed by atoms with Crippen LogP contribution in [0.3, 0.4) is 0 Å². The van der Waals surface area contributed by atoms with Crippen molar-refractivity contribution in [1.29, 1.82) is 0 Å². The van der Waals surface area contributed by atoms with E-state index in [2.05, 4.69) is 9.97 Å². The van der Waals surface area contributed by atoms with E-state index in [0.717, 1.165) is 11.1 Å². The second-order valence-corrected chi connectivity index (χ2v) is 5.29. The van der Waals surface area contributed by atoms with Gasteiger partial charge in [0.1, 0.15) is 11.4 Å². The number of imide groups is 1. The number of hydrogen-bond donors (Lipinski definition) is 2. The third-order valence-electron chi connectivity index (χ3n) is 3.76. The van der Waals surface area contributed by atoms with Gasteiger partial charge >= 0.3 is 5.97 Å². The Morgan fingerprint density at radius 2 is 1.75 bits per heavy atom. The quantitative estimate of drug-likeness (QED) is 0.780. The number of nitrogens with one attached hydrogen (secondary N) is 1. The molecule has 1 aliphatic heterocycles. The van der Waals surface area contributed by atoms with Crippen LogP contribution in [0.25, 0.3) is 0 Å². The van der Waals surface area contributed by atoms with Gasteiger partial charge in [-0.2, -0.15) is 0 Å². The lowest BCUT2D eigenvalue weighted by atomic mass is 10.1. The van der Waals surface area contributed by atoms with Crippen LogP contribution in [-0.4, -0.2) is 44.3 Å². The van der Waals surface area contributed by atoms with Gasteiger partial charge in [0.2, 0.25) is 0 Å². The van der Waals surface area contributed by atoms with Crippen molar-refractivity contribution < 1.29 is 19.5 Å². The average Bonchev–Trinajstić information content (AvgIpc) is 2.80. The number of benzene rings is 1. The first kappa shape index (κ1) is 15.6. The van der Waals surface area contributed by atoms with E-state index in [1.54, 1.807) is 24.3 Å². The number of aromatic carboxylic acids is 1. The molecule has 0 radical (unpaired) electrons. The zero-order valence-corrected chi connectivity index (χ0v) is 12.5. The van der Waals surface area contributed by atoms with Crippen LogP contribution >= 0.6 is 0 Å². The lowest BCUT2D eigenvalue weighted by Crippen LogP contribution is -2.31. The summed E-state index contributed by atoms with van der Waals surface area (Å²) in [7, 11) is 0. The highest BCUT2D eigenvalue weighted by Gasteiger charge is 2.34. The maximum Gasteiger partial charge on any atom is 0.342 e. The van der Waals surface area contributed by atoms with Gasteiger partial charge in [-0.05, 0) is 18.6 Å². The summed E-state index contributed by atoms with van der Waals surface area (Å²) in [5.74, 6) is -1.71. The molecule has 24 heavy (non-hydrogen) atoms. The average molecular weight is 327 g/mol. The molecule has 122 valence electrons. The van der Waals surface area contributed by atoms with Gasteiger partial charge in [-0.1, -0.05) is 12.1 Å². The van der Waals surface area contributed by atoms with Crippen molar-refractivity contribution in [2.75, 3.05) is 6.54 Å². The van der Waals surface area contributed by atoms with Crippen LogP contribution in [0, 0.1) is 0 Å². The fraction of sp³-hybridized carbons (Fsp3) is 0.188. The molecule has 2 heterocycles. The largest absolute Gasteiger partial charge is 0.477 e. The molecule has 0 atom stereocenters. The molecule has 2 N–H and O–H groups in total. The first-order valence-corrected chi connectivity index (χ1v) is 7.25. The zero-order valence-electron chi connectivity index (χ0n) is 12.5. The minimum Gasteiger partial charge on any atom is -0.477 e. The maximum atomic E-state index is 12.2. The second kappa shape index (κ2) is 6.07. The fourth-order valence-electron chi connectivity index (χ4n) is 2.56. The Balaban J connectivity index is 1.65. The summed E-state index contributed by atoms with van der Waals surface area (Å²) in [6.07, 6.45) is 1.71. The van der Waals surface area contributed by atoms with Crippen molar-refractivity contribution in [3.63, 3.8) is 0 Å². The Kier molecular flexibility index (Phi) is 3.95. The van der Waals surface area contributed by atoms with E-state index in [1.165, 1.54) is 0 Å². The number of carbonyl (C=O) groups excluding carboxylic acids is 2. The van der Waals surface area contributed by atoms with Crippen molar-refractivity contribution >= 4 is 17.8 Å². The van der Waals surface area contributed by atoms with Crippen LogP contribution < -0.4 is 5.56 Å². The molecule has 0 saturated heterocycles. The predicted molar refractivity (Wildman–Crippen MR) is 81.9 cm³/mol. The molecular formula is C16H13N3O5. The van der Waals surface area contributed by atoms with Crippen molar-refractivity contribution in [3.8, 4) is 0 Å². The maximum absolute atomic E-state index is 12.2. The summed E-state index contributed by atoms with van der Waals surface area (Å²) < 4.78 is 0. The lowest BCUT2D eigenvalue weighted by Gasteiger charge is -2.13. The number of carboxylic acids is 1. The highest BCUT2D eigenvalue weighted by atomic mass is 16.4. The van der Waals surface area contributed by atoms with Crippen LogP contribution in [0.1, 0.15) is 43.3 Å². The standard InChI is InChI=1S/C16H13N3O5/c20-13-11(16(23)24)8-17-12(18-13)6-3-7-19-14(21)9-4-1-2-5-10(9)15(19)22/h1-2,4-5,8H,3,6-7H2,(H,23,24)(H,17,18,20). The van der Waals surface area contributed by atoms with E-state index in [0.29, 0.717) is 29.8 Å². The Bertz CT molecular complexity index is 868. The normalized spacial score (nSPS) is 13.2. The molecule has 8 heteroatoms. The summed E-state index contributed by atoms with van der Waals surface area (Å²) in [6.45, 7) is 0.191. The number of rotatable bonds is 5. The number of carboxylic acid groups (broad SMARTS) is 1. The molecule has 0 aliphatic carbocycles. The fourth-order valence-corrected chi connectivity index (χ4v) is 2.56. The van der Waals surface area contributed by atoms with E-state index >= 15 is 0 Å². The lowest BCUT2D eigenvalue weighted by molar-refractivity contribution is 0.0648. The number of H-pyrrole nitrogens is 1. The minimum absolute atomic E-state index is 0.191. The van der Waals surface area contributed by atoms with Gasteiger partial charge in [0, 0.05) is 19.2 Å². The SMILES string of the molecule is O=C(O)c1cnc(CCCN2C(=O)c3ccccc3C2=O)[nH]c1=O. The van der Waals surface area contributed by atoms with Crippen LogP contribution in [0.4, 0.5) is 0 Å². The van der Waals surface area contributed by atoms with Gasteiger partial charge in [0.25, 0.3) is 17.4 Å². The monoisotopic (exact) mass is 327 g/mol. The van der Waals surface area contributed by atoms with E-state index in [-0.39, 0.29) is 18.4 Å². The van der Waals surface area contributed by atoms with E-state index < -0.39 is 17.1 Å². The summed E-state index contributed by atoms with van der Waals surface area (Å²) in [6, 6.07) is 6.62. The van der Waals surface area contributed by atoms with Gasteiger partial charge in [-0.15, -0.1) is 0 Å². The van der Waals surface area contributed by atoms with Gasteiger partial charge in [-0.3, -0.25) is 19.3 Å². The number of fused-ring (bicyclic) bond motifs is 1. The smallest absolute Gasteiger partial charge is 0.342 e. The first-order chi connectivity index (χ1) is 11.5. The molecule has 0 spiro atoms. The third kappa shape index (κ3) is 2.69. The van der Waals surface area contributed by atoms with Crippen molar-refractivity contribution in [2.24, 2.45) is 0 Å². The van der Waals surface area contributed by atoms with Gasteiger partial charge in [0.05, 0.1) is 11.1 Å². The van der Waals surface area contributed by atoms with E-state index in [9.17, 15) is 19.2 Å². The van der Waals surface area contributed by atoms with Gasteiger partial charge in [0.15, 0.2) is 0 Å². The second-order valence-electron chi connectivity index (χ2n) is 5.29. The first-order valence-electron chi connectivity index (χ1n) is 7.25. The van der Waals surface area contributed by atoms with E-state index in [4.69, 9.17) is 5.11 Å². The van der Waals surface area contributed by atoms with Crippen LogP contribution in [0.2, 0.25) is 0 Å². The zero-order chi connectivity index (χ0) is 17.3. The summed E-state index contributed by atoms with van der Waals surface area (Å²) in [5.41, 5.74) is -0.382. The van der Waals surface area contributed by atoms with Crippen molar-refractivity contribution in [3.05, 3.63) is 63.3 Å². The highest BCUT2D eigenvalue weighted by molar-refractivity contribution is 6.21. The molecule has 1 aromatic heterocycles. The summed E-state index contributed by atoms with van der Waals surface area (Å²) >= 11 is 0. The van der Waals surface area contributed by atoms with Gasteiger partial charge < -0.3 is 10.1 Å². The topological polar surface area (TPSA) is 120 Å². The molecule has 2 amide bonds. The molecule has 2 aromatic rings. The summed E-state index contributed by atoms with van der Waals surface area (Å²) in [4.78, 5) is 54.1. The predicted octanol–water partition coefficient (Wildman–Crippen LogP) is 0.697. The van der Waals surface area contributed by atoms with E-state index in [1.807, 2.05) is 0 Å².